The van der Waals surface area contributed by atoms with Gasteiger partial charge in [-0.15, -0.1) is 0 Å². The number of ether oxygens (including phenoxy) is 1. The summed E-state index contributed by atoms with van der Waals surface area (Å²) in [4.78, 5) is 13.0. The van der Waals surface area contributed by atoms with E-state index in [4.69, 9.17) is 4.74 Å². The van der Waals surface area contributed by atoms with Crippen molar-refractivity contribution in [2.75, 3.05) is 13.2 Å². The molecule has 1 fully saturated rings. The van der Waals surface area contributed by atoms with Gasteiger partial charge in [-0.2, -0.15) is 5.10 Å². The van der Waals surface area contributed by atoms with Crippen LogP contribution in [0.2, 0.25) is 0 Å². The lowest BCUT2D eigenvalue weighted by Gasteiger charge is -2.23. The molecular formula is C25H21F5N4O2. The Morgan fingerprint density at radius 3 is 2.42 bits per heavy atom. The van der Waals surface area contributed by atoms with E-state index in [1.165, 1.54) is 12.1 Å². The molecule has 0 spiro atoms. The molecule has 0 unspecified atom stereocenters. The van der Waals surface area contributed by atoms with E-state index < -0.39 is 45.9 Å². The number of carbonyl (C=O) groups excluding carboxylic acids is 1. The van der Waals surface area contributed by atoms with Crippen LogP contribution >= 0.6 is 0 Å². The minimum absolute atomic E-state index is 0.0699. The van der Waals surface area contributed by atoms with Gasteiger partial charge in [-0.25, -0.2) is 22.0 Å². The minimum atomic E-state index is -2.02. The number of nitrogens with one attached hydrogen (secondary N) is 1. The molecule has 1 saturated heterocycles. The van der Waals surface area contributed by atoms with Crippen molar-refractivity contribution in [2.24, 2.45) is 7.05 Å². The molecule has 0 atom stereocenters. The van der Waals surface area contributed by atoms with E-state index >= 15 is 0 Å². The summed E-state index contributed by atoms with van der Waals surface area (Å²) in [5.41, 5.74) is 0.245. The second kappa shape index (κ2) is 9.38. The number of nitrogens with zero attached hydrogens (tertiary/aromatic N) is 3. The molecule has 2 aromatic heterocycles. The maximum absolute atomic E-state index is 15.0. The Balaban J connectivity index is 1.56. The number of carbonyl (C=O) groups is 1. The number of hydrogen-bond acceptors (Lipinski definition) is 3. The molecule has 5 rings (SSSR count). The molecule has 1 N–H and O–H groups in total. The van der Waals surface area contributed by atoms with E-state index in [-0.39, 0.29) is 23.7 Å². The number of aryl methyl sites for hydroxylation is 1. The molecule has 36 heavy (non-hydrogen) atoms. The third kappa shape index (κ3) is 4.23. The van der Waals surface area contributed by atoms with Gasteiger partial charge in [0.1, 0.15) is 5.82 Å². The fourth-order valence-electron chi connectivity index (χ4n) is 4.43. The fraction of sp³-hybridized carbons (Fsp3) is 0.280. The van der Waals surface area contributed by atoms with E-state index in [2.05, 4.69) is 10.4 Å². The van der Waals surface area contributed by atoms with Crippen LogP contribution in [0.3, 0.4) is 0 Å². The molecule has 188 valence electrons. The first kappa shape index (κ1) is 24.0. The predicted molar refractivity (Wildman–Crippen MR) is 121 cm³/mol. The predicted octanol–water partition coefficient (Wildman–Crippen LogP) is 4.69. The van der Waals surface area contributed by atoms with E-state index in [1.54, 1.807) is 30.2 Å². The second-order valence-corrected chi connectivity index (χ2v) is 8.72. The zero-order chi connectivity index (χ0) is 25.6. The molecule has 6 nitrogen and oxygen atoms in total. The number of rotatable bonds is 5. The van der Waals surface area contributed by atoms with Crippen LogP contribution in [-0.2, 0) is 18.3 Å². The van der Waals surface area contributed by atoms with Crippen molar-refractivity contribution in [1.29, 1.82) is 0 Å². The highest BCUT2D eigenvalue weighted by atomic mass is 19.2. The maximum Gasteiger partial charge on any atom is 0.253 e. The number of benzene rings is 2. The Morgan fingerprint density at radius 2 is 1.75 bits per heavy atom. The summed E-state index contributed by atoms with van der Waals surface area (Å²) < 4.78 is 80.8. The van der Waals surface area contributed by atoms with Crippen LogP contribution in [-0.4, -0.2) is 39.5 Å². The standard InChI is InChI=1S/C25H21F5N4O2/c1-33-10-15(9-31-33)13-2-3-14(18(26)8-13)11-34-12-17(25(35)32-16-4-6-36-7-5-16)19-20(27)21(28)22(29)23(30)24(19)34/h2-3,8-10,12,16H,4-7,11H2,1H3,(H,32,35). The summed E-state index contributed by atoms with van der Waals surface area (Å²) >= 11 is 0. The van der Waals surface area contributed by atoms with E-state index in [0.29, 0.717) is 37.2 Å². The van der Waals surface area contributed by atoms with Crippen molar-refractivity contribution in [3.05, 3.63) is 77.0 Å². The van der Waals surface area contributed by atoms with Gasteiger partial charge >= 0.3 is 0 Å². The average Bonchev–Trinajstić information content (AvgIpc) is 3.47. The number of amides is 1. The van der Waals surface area contributed by atoms with Gasteiger partial charge in [0.15, 0.2) is 23.3 Å². The summed E-state index contributed by atoms with van der Waals surface area (Å²) in [7, 11) is 1.72. The van der Waals surface area contributed by atoms with Crippen molar-refractivity contribution in [3.8, 4) is 11.1 Å². The van der Waals surface area contributed by atoms with Crippen LogP contribution in [0.25, 0.3) is 22.0 Å². The Bertz CT molecular complexity index is 1470. The molecule has 4 aromatic rings. The lowest BCUT2D eigenvalue weighted by molar-refractivity contribution is 0.0697. The summed E-state index contributed by atoms with van der Waals surface area (Å²) in [5, 5.41) is 6.04. The molecule has 1 aliphatic rings. The van der Waals surface area contributed by atoms with Crippen LogP contribution < -0.4 is 5.32 Å². The third-order valence-corrected chi connectivity index (χ3v) is 6.32. The van der Waals surface area contributed by atoms with E-state index in [0.717, 1.165) is 10.8 Å². The zero-order valence-electron chi connectivity index (χ0n) is 19.1. The minimum Gasteiger partial charge on any atom is -0.381 e. The summed E-state index contributed by atoms with van der Waals surface area (Å²) in [6.07, 6.45) is 5.37. The van der Waals surface area contributed by atoms with E-state index in [9.17, 15) is 26.7 Å². The van der Waals surface area contributed by atoms with Crippen molar-refractivity contribution in [3.63, 3.8) is 0 Å². The molecular weight excluding hydrogens is 483 g/mol. The smallest absolute Gasteiger partial charge is 0.253 e. The summed E-state index contributed by atoms with van der Waals surface area (Å²) in [5.74, 6) is -8.82. The monoisotopic (exact) mass is 504 g/mol. The van der Waals surface area contributed by atoms with Crippen LogP contribution in [0, 0.1) is 29.1 Å². The molecule has 0 radical (unpaired) electrons. The number of fused-ring (bicyclic) bond motifs is 1. The Kier molecular flexibility index (Phi) is 6.25. The summed E-state index contributed by atoms with van der Waals surface area (Å²) in [6, 6.07) is 4.05. The van der Waals surface area contributed by atoms with Gasteiger partial charge in [0.05, 0.1) is 29.2 Å². The first-order valence-electron chi connectivity index (χ1n) is 11.3. The molecule has 3 heterocycles. The van der Waals surface area contributed by atoms with Gasteiger partial charge < -0.3 is 14.6 Å². The normalized spacial score (nSPS) is 14.5. The van der Waals surface area contributed by atoms with Crippen molar-refractivity contribution in [2.45, 2.75) is 25.4 Å². The topological polar surface area (TPSA) is 61.1 Å². The van der Waals surface area contributed by atoms with Gasteiger partial charge in [0.2, 0.25) is 0 Å². The first-order chi connectivity index (χ1) is 17.2. The van der Waals surface area contributed by atoms with E-state index in [1.807, 2.05) is 0 Å². The highest BCUT2D eigenvalue weighted by Gasteiger charge is 2.29. The molecule has 1 amide bonds. The van der Waals surface area contributed by atoms with Crippen LogP contribution in [0.1, 0.15) is 28.8 Å². The lowest BCUT2D eigenvalue weighted by Crippen LogP contribution is -2.38. The van der Waals surface area contributed by atoms with Crippen LogP contribution in [0.4, 0.5) is 22.0 Å². The molecule has 11 heteroatoms. The van der Waals surface area contributed by atoms with Crippen LogP contribution in [0.5, 0.6) is 0 Å². The molecule has 2 aromatic carbocycles. The lowest BCUT2D eigenvalue weighted by atomic mass is 10.1. The SMILES string of the molecule is Cn1cc(-c2ccc(Cn3cc(C(=O)NC4CCOCC4)c4c(F)c(F)c(F)c(F)c43)c(F)c2)cn1. The molecule has 0 saturated carbocycles. The second-order valence-electron chi connectivity index (χ2n) is 8.72. The number of halogens is 5. The fourth-order valence-corrected chi connectivity index (χ4v) is 4.43. The summed E-state index contributed by atoms with van der Waals surface area (Å²) in [6.45, 7) is 0.481. The largest absolute Gasteiger partial charge is 0.381 e. The van der Waals surface area contributed by atoms with Gasteiger partial charge in [-0.3, -0.25) is 9.48 Å². The third-order valence-electron chi connectivity index (χ3n) is 6.32. The number of hydrogen-bond donors (Lipinski definition) is 1. The van der Waals surface area contributed by atoms with Crippen molar-refractivity contribution in [1.82, 2.24) is 19.7 Å². The Labute approximate surface area is 202 Å². The quantitative estimate of drug-likeness (QED) is 0.244. The zero-order valence-corrected chi connectivity index (χ0v) is 19.1. The Hall–Kier alpha value is -3.73. The van der Waals surface area contributed by atoms with Gasteiger partial charge in [-0.05, 0) is 24.5 Å². The van der Waals surface area contributed by atoms with Crippen molar-refractivity contribution < 1.29 is 31.5 Å². The molecule has 1 aliphatic heterocycles. The maximum atomic E-state index is 15.0. The van der Waals surface area contributed by atoms with Gasteiger partial charge in [0.25, 0.3) is 5.91 Å². The highest BCUT2D eigenvalue weighted by molar-refractivity contribution is 6.07. The highest BCUT2D eigenvalue weighted by Crippen LogP contribution is 2.32. The average molecular weight is 504 g/mol. The van der Waals surface area contributed by atoms with Crippen LogP contribution in [0.15, 0.2) is 36.8 Å². The Morgan fingerprint density at radius 1 is 1.03 bits per heavy atom. The van der Waals surface area contributed by atoms with Gasteiger partial charge in [-0.1, -0.05) is 12.1 Å². The van der Waals surface area contributed by atoms with Gasteiger partial charge in [0, 0.05) is 49.8 Å². The molecule has 0 aliphatic carbocycles. The van der Waals surface area contributed by atoms with Crippen molar-refractivity contribution >= 4 is 16.8 Å². The first-order valence-corrected chi connectivity index (χ1v) is 11.3. The molecule has 0 bridgehead atoms. The number of aromatic nitrogens is 3.